The van der Waals surface area contributed by atoms with Crippen LogP contribution in [0.25, 0.3) is 38.8 Å². The summed E-state index contributed by atoms with van der Waals surface area (Å²) in [6.45, 7) is 15.8. The number of carbonyl (C=O) groups is 7. The minimum Gasteiger partial charge on any atom is -0.481 e. The molecular formula is C99H137F3N12O23. The summed E-state index contributed by atoms with van der Waals surface area (Å²) in [5.41, 5.74) is 10.2. The molecule has 15 atom stereocenters. The van der Waals surface area contributed by atoms with Crippen LogP contribution < -0.4 is 26.4 Å². The van der Waals surface area contributed by atoms with E-state index in [0.717, 1.165) is 40.6 Å². The molecule has 35 nitrogen and oxygen atoms in total. The van der Waals surface area contributed by atoms with Gasteiger partial charge in [-0.1, -0.05) is 81.0 Å². The number of aromatic nitrogens is 7. The molecule has 38 heteroatoms. The lowest BCUT2D eigenvalue weighted by molar-refractivity contribution is -0.264. The third-order valence-corrected chi connectivity index (χ3v) is 26.4. The van der Waals surface area contributed by atoms with E-state index in [1.54, 1.807) is 99.0 Å². The Morgan fingerprint density at radius 2 is 1.41 bits per heavy atom. The first-order valence-corrected chi connectivity index (χ1v) is 47.7. The van der Waals surface area contributed by atoms with Crippen molar-refractivity contribution in [3.63, 3.8) is 0 Å². The number of carbonyl (C=O) groups excluding carboxylic acids is 7. The first-order chi connectivity index (χ1) is 65.8. The summed E-state index contributed by atoms with van der Waals surface area (Å²) in [6.07, 6.45) is 10.2. The van der Waals surface area contributed by atoms with E-state index in [2.05, 4.69) is 25.6 Å². The van der Waals surface area contributed by atoms with E-state index >= 15 is 13.2 Å². The van der Waals surface area contributed by atoms with E-state index in [4.69, 9.17) is 62.6 Å². The van der Waals surface area contributed by atoms with Crippen LogP contribution in [0.1, 0.15) is 149 Å². The number of pyridine rings is 2. The fourth-order valence-corrected chi connectivity index (χ4v) is 18.3. The van der Waals surface area contributed by atoms with E-state index in [0.29, 0.717) is 164 Å². The molecule has 6 N–H and O–H groups in total. The number of Topliss-reactive ketones (excluding diaryl/α,β-unsaturated/α-hetero) is 3. The normalized spacial score (nSPS) is 26.2. The molecule has 8 heterocycles. The zero-order valence-corrected chi connectivity index (χ0v) is 80.3. The van der Waals surface area contributed by atoms with Crippen molar-refractivity contribution in [3.05, 3.63) is 136 Å². The number of hydrogen-bond donors (Lipinski definition) is 5. The maximum Gasteiger partial charge on any atom is 0.418 e. The Hall–Kier alpha value is -10.1. The quantitative estimate of drug-likeness (QED) is 0.0106. The number of alkyl halides is 3. The monoisotopic (exact) mass is 1920 g/mol. The van der Waals surface area contributed by atoms with Crippen LogP contribution >= 0.6 is 0 Å². The van der Waals surface area contributed by atoms with Crippen molar-refractivity contribution in [2.45, 2.75) is 218 Å². The number of cyclic esters (lactones) is 1. The van der Waals surface area contributed by atoms with E-state index in [1.807, 2.05) is 37.4 Å². The number of hydrogen-bond acceptors (Lipinski definition) is 29. The first kappa shape index (κ1) is 107. The Morgan fingerprint density at radius 3 is 2.08 bits per heavy atom. The number of nitrogens with two attached hydrogens (primary N) is 1. The van der Waals surface area contributed by atoms with Crippen molar-refractivity contribution in [2.75, 3.05) is 145 Å². The molecule has 6 aromatic rings. The number of methoxy groups -OCH3 is 3. The van der Waals surface area contributed by atoms with Gasteiger partial charge in [-0.2, -0.15) is 13.2 Å². The van der Waals surface area contributed by atoms with Gasteiger partial charge in [-0.15, -0.1) is 5.10 Å². The number of ether oxygens (including phenoxy) is 12. The van der Waals surface area contributed by atoms with Gasteiger partial charge >= 0.3 is 23.9 Å². The molecule has 2 bridgehead atoms. The number of piperidine rings is 1. The fourth-order valence-electron chi connectivity index (χ4n) is 18.3. The third-order valence-electron chi connectivity index (χ3n) is 26.4. The molecule has 2 aromatic carbocycles. The molecule has 11 rings (SSSR count). The van der Waals surface area contributed by atoms with Crippen molar-refractivity contribution in [2.24, 2.45) is 42.4 Å². The number of amides is 3. The second-order valence-corrected chi connectivity index (χ2v) is 36.3. The number of piperazine rings is 1. The standard InChI is InChI=1S/C99H137F3N12O23/c1-63-18-12-11-13-19-64(2)79(106-96(123)128-10)58-74-27-22-68(6)98(125,137-74)93(120)94(121)113-33-16-14-21-81(113)95(122)136-85(59-83(115)65(3)53-67(5)91(118)92(119)90(117)66(4)52-63)77(103)54-69-23-30-84(86(55-69)126-8)135-39-17-15-20-72-62-112(108-107-72)38-41-130-43-45-132-47-49-134-51-50-133-48-46-131-44-42-129-40-32-88(116)111-36-34-110(35-37-111)80-29-26-73(57-76(80)99(100,101)102)114-89-75-56-70(71-25-31-87(127-9)105-60-71)24-28-78(75)104-61-82(89)109(7)97(114)124/h11-13,18-19,24-26,28-29,31,53,56-57,60-63,65-66,68-69,74,77,79,81,84-86,91-92,118-119,125H,14-17,20-23,27,30,32-52,54-55,58-59,103H2,1-10H3,(H,106,123)/b13-11+,18-12+,64-19+,67-53+/t63-,65-,66-,68-,69+,74+,77-,79+,81+,84-,85+,86-,91-,92+,98-/m1/s1. The highest BCUT2D eigenvalue weighted by molar-refractivity contribution is 6.39. The lowest BCUT2D eigenvalue weighted by Gasteiger charge is -2.43. The Morgan fingerprint density at radius 1 is 0.715 bits per heavy atom. The summed E-state index contributed by atoms with van der Waals surface area (Å²) in [5.74, 6) is -9.24. The van der Waals surface area contributed by atoms with Gasteiger partial charge in [0, 0.05) is 119 Å². The average Bonchev–Trinajstić information content (AvgIpc) is 1.58. The second-order valence-electron chi connectivity index (χ2n) is 36.3. The van der Waals surface area contributed by atoms with Crippen LogP contribution in [0.2, 0.25) is 0 Å². The molecule has 1 saturated carbocycles. The van der Waals surface area contributed by atoms with Gasteiger partial charge in [-0.3, -0.25) is 38.1 Å². The van der Waals surface area contributed by atoms with Crippen molar-refractivity contribution < 1.29 is 119 Å². The number of allylic oxidation sites excluding steroid dienone is 6. The Kier molecular flexibility index (Phi) is 41.0. The first-order valence-electron chi connectivity index (χ1n) is 47.7. The van der Waals surface area contributed by atoms with Crippen molar-refractivity contribution >= 4 is 68.9 Å². The van der Waals surface area contributed by atoms with E-state index in [-0.39, 0.29) is 132 Å². The van der Waals surface area contributed by atoms with Gasteiger partial charge in [0.05, 0.1) is 171 Å². The number of aliphatic hydroxyl groups excluding tert-OH is 2. The molecule has 3 amide bonds. The zero-order valence-electron chi connectivity index (χ0n) is 80.3. The van der Waals surface area contributed by atoms with Crippen LogP contribution in [0.5, 0.6) is 5.88 Å². The SMILES string of the molecule is COC(=O)N[C@H]1C[C@@H]2CC[C@@H](C)[C@@](O)(O2)C(=O)C(=O)N2CCCC[C@H]2C(=O)O[C@H]([C@H](N)C[C@@H]2CC[C@@H](OCCCCc3cn(CCOCCOCCOCCOCCOCCOCCC(=O)N4CCN(c5ccc(-n6c(=O)n(C)c7cnc8ccc(-c9ccc(OC)nc9)cc8c76)cc5C(F)(F)F)CC4)nn3)[C@H](OC)C2)CC(=O)[C@H](C)/C=C(\C)[C@@H](O)[C@@H](O)C(=O)[C@H](C)C[C@H](C)/C=C/C=C/C=C/1C. The zero-order chi connectivity index (χ0) is 98.5. The number of rotatable bonds is 36. The van der Waals surface area contributed by atoms with Gasteiger partial charge in [-0.05, 0) is 163 Å². The van der Waals surface area contributed by atoms with Crippen LogP contribution in [0.3, 0.4) is 0 Å². The maximum atomic E-state index is 15.0. The van der Waals surface area contributed by atoms with E-state index in [9.17, 15) is 53.7 Å². The number of aryl methyl sites for hydroxylation is 2. The van der Waals surface area contributed by atoms with Gasteiger partial charge in [0.2, 0.25) is 17.6 Å². The summed E-state index contributed by atoms with van der Waals surface area (Å²) in [6, 6.07) is 10.0. The fraction of sp³-hybridized carbons (Fsp3) is 0.616. The van der Waals surface area contributed by atoms with Gasteiger partial charge in [0.25, 0.3) is 11.7 Å². The summed E-state index contributed by atoms with van der Waals surface area (Å²) in [7, 11) is 5.92. The van der Waals surface area contributed by atoms with E-state index < -0.39 is 119 Å². The number of benzene rings is 2. The average molecular weight is 1920 g/mol. The number of unbranched alkanes of at least 4 members (excludes halogenated alkanes) is 1. The van der Waals surface area contributed by atoms with Gasteiger partial charge < -0.3 is 97.9 Å². The number of esters is 1. The summed E-state index contributed by atoms with van der Waals surface area (Å²) in [4.78, 5) is 125. The molecule has 137 heavy (non-hydrogen) atoms. The number of halogens is 3. The molecule has 4 fully saturated rings. The molecule has 0 unspecified atom stereocenters. The molecule has 1 aliphatic carbocycles. The molecular weight excluding hydrogens is 1780 g/mol. The topological polar surface area (TPSA) is 422 Å². The minimum absolute atomic E-state index is 0.0250. The molecule has 4 aromatic heterocycles. The summed E-state index contributed by atoms with van der Waals surface area (Å²) < 4.78 is 119. The number of anilines is 1. The van der Waals surface area contributed by atoms with Crippen LogP contribution in [0, 0.1) is 29.6 Å². The molecule has 3 saturated heterocycles. The van der Waals surface area contributed by atoms with Crippen LogP contribution in [-0.4, -0.2) is 301 Å². The van der Waals surface area contributed by atoms with E-state index in [1.165, 1.54) is 54.7 Å². The van der Waals surface area contributed by atoms with Crippen molar-refractivity contribution in [1.29, 1.82) is 0 Å². The number of imidazole rings is 1. The Labute approximate surface area is 797 Å². The number of ketones is 3. The Balaban J connectivity index is 0.537. The highest BCUT2D eigenvalue weighted by Gasteiger charge is 2.54. The number of nitrogens with zero attached hydrogens (tertiary/aromatic N) is 10. The third kappa shape index (κ3) is 29.8. The molecule has 0 spiro atoms. The predicted molar refractivity (Wildman–Crippen MR) is 501 cm³/mol. The molecule has 5 aliphatic rings. The minimum atomic E-state index is -4.77. The van der Waals surface area contributed by atoms with Gasteiger partial charge in [0.1, 0.15) is 30.1 Å². The van der Waals surface area contributed by atoms with Crippen molar-refractivity contribution in [3.8, 4) is 22.7 Å². The molecule has 0 radical (unpaired) electrons. The lowest BCUT2D eigenvalue weighted by atomic mass is 9.80. The number of aliphatic hydroxyl groups is 3. The highest BCUT2D eigenvalue weighted by atomic mass is 19.4. The van der Waals surface area contributed by atoms with Gasteiger partial charge in [-0.25, -0.2) is 24.0 Å². The highest BCUT2D eigenvalue weighted by Crippen LogP contribution is 2.42. The smallest absolute Gasteiger partial charge is 0.418 e. The molecule has 4 aliphatic heterocycles. The predicted octanol–water partition coefficient (Wildman–Crippen LogP) is 9.68. The number of alkyl carbamates (subject to hydrolysis) is 1. The van der Waals surface area contributed by atoms with Crippen LogP contribution in [0.15, 0.2) is 120 Å². The number of nitrogens with one attached hydrogen (secondary N) is 1. The molecule has 752 valence electrons. The maximum absolute atomic E-state index is 15.0. The van der Waals surface area contributed by atoms with Crippen molar-refractivity contribution in [1.82, 2.24) is 49.2 Å². The summed E-state index contributed by atoms with van der Waals surface area (Å²) >= 11 is 0. The van der Waals surface area contributed by atoms with Crippen LogP contribution in [-0.2, 0) is 107 Å². The van der Waals surface area contributed by atoms with Gasteiger partial charge in [0.15, 0.2) is 5.78 Å². The second kappa shape index (κ2) is 52.3. The summed E-state index contributed by atoms with van der Waals surface area (Å²) in [5, 5.41) is 46.8. The largest absolute Gasteiger partial charge is 0.481 e. The Bertz CT molecular complexity index is 5170. The number of fused-ring (bicyclic) bond motifs is 6. The lowest BCUT2D eigenvalue weighted by Crippen LogP contribution is -2.61. The van der Waals surface area contributed by atoms with Crippen LogP contribution in [0.4, 0.5) is 23.7 Å².